The maximum atomic E-state index is 12.4. The Morgan fingerprint density at radius 2 is 1.82 bits per heavy atom. The Morgan fingerprint density at radius 1 is 1.18 bits per heavy atom. The smallest absolute Gasteiger partial charge is 0.229 e. The molecule has 0 atom stereocenters. The van der Waals surface area contributed by atoms with Crippen LogP contribution in [0.1, 0.15) is 30.7 Å². The van der Waals surface area contributed by atoms with Crippen molar-refractivity contribution in [2.24, 2.45) is 5.41 Å². The van der Waals surface area contributed by atoms with Gasteiger partial charge in [0.15, 0.2) is 0 Å². The summed E-state index contributed by atoms with van der Waals surface area (Å²) in [6, 6.07) is 7.68. The van der Waals surface area contributed by atoms with Gasteiger partial charge in [-0.2, -0.15) is 0 Å². The highest BCUT2D eigenvalue weighted by atomic mass is 32.1. The SMILES string of the molecule is Cc1sc(CC(=O)N2CCOCC2)nc1-c1ccc(NC(=O)C(C)(C)C)cc1. The van der Waals surface area contributed by atoms with Crippen LogP contribution in [0.25, 0.3) is 11.3 Å². The minimum Gasteiger partial charge on any atom is -0.378 e. The van der Waals surface area contributed by atoms with Crippen LogP contribution in [-0.2, 0) is 20.7 Å². The molecule has 0 unspecified atom stereocenters. The number of ether oxygens (including phenoxy) is 1. The van der Waals surface area contributed by atoms with Gasteiger partial charge in [0.25, 0.3) is 0 Å². The molecule has 2 heterocycles. The Kier molecular flexibility index (Phi) is 6.15. The van der Waals surface area contributed by atoms with Crippen LogP contribution in [0.15, 0.2) is 24.3 Å². The van der Waals surface area contributed by atoms with E-state index in [0.29, 0.717) is 32.7 Å². The molecule has 0 saturated carbocycles. The summed E-state index contributed by atoms with van der Waals surface area (Å²) < 4.78 is 5.30. The Balaban J connectivity index is 1.68. The largest absolute Gasteiger partial charge is 0.378 e. The zero-order valence-corrected chi connectivity index (χ0v) is 17.7. The highest BCUT2D eigenvalue weighted by molar-refractivity contribution is 7.12. The number of anilines is 1. The topological polar surface area (TPSA) is 71.5 Å². The summed E-state index contributed by atoms with van der Waals surface area (Å²) in [5.41, 5.74) is 2.20. The maximum Gasteiger partial charge on any atom is 0.229 e. The molecule has 150 valence electrons. The van der Waals surface area contributed by atoms with Gasteiger partial charge in [-0.25, -0.2) is 4.98 Å². The van der Waals surface area contributed by atoms with Crippen molar-refractivity contribution < 1.29 is 14.3 Å². The lowest BCUT2D eigenvalue weighted by Crippen LogP contribution is -2.41. The van der Waals surface area contributed by atoms with E-state index in [-0.39, 0.29) is 11.8 Å². The van der Waals surface area contributed by atoms with E-state index in [1.807, 2.05) is 56.9 Å². The number of thiazole rings is 1. The van der Waals surface area contributed by atoms with E-state index < -0.39 is 5.41 Å². The summed E-state index contributed by atoms with van der Waals surface area (Å²) in [7, 11) is 0. The number of amides is 2. The molecule has 6 nitrogen and oxygen atoms in total. The zero-order chi connectivity index (χ0) is 20.3. The first-order chi connectivity index (χ1) is 13.2. The summed E-state index contributed by atoms with van der Waals surface area (Å²) in [6.45, 7) is 10.2. The lowest BCUT2D eigenvalue weighted by Gasteiger charge is -2.26. The van der Waals surface area contributed by atoms with Gasteiger partial charge in [0, 0.05) is 34.6 Å². The fourth-order valence-electron chi connectivity index (χ4n) is 2.88. The normalized spacial score (nSPS) is 14.8. The average Bonchev–Trinajstić information content (AvgIpc) is 3.02. The van der Waals surface area contributed by atoms with Gasteiger partial charge in [-0.15, -0.1) is 11.3 Å². The number of hydrogen-bond acceptors (Lipinski definition) is 5. The van der Waals surface area contributed by atoms with Crippen LogP contribution in [0.5, 0.6) is 0 Å². The van der Waals surface area contributed by atoms with Gasteiger partial charge in [0.2, 0.25) is 11.8 Å². The van der Waals surface area contributed by atoms with E-state index in [2.05, 4.69) is 5.32 Å². The lowest BCUT2D eigenvalue weighted by molar-refractivity contribution is -0.134. The third kappa shape index (κ3) is 4.97. The summed E-state index contributed by atoms with van der Waals surface area (Å²) in [5.74, 6) is 0.0813. The molecule has 0 radical (unpaired) electrons. The first-order valence-corrected chi connectivity index (χ1v) is 10.3. The van der Waals surface area contributed by atoms with Gasteiger partial charge >= 0.3 is 0 Å². The van der Waals surface area contributed by atoms with Crippen LogP contribution in [-0.4, -0.2) is 48.0 Å². The number of morpholine rings is 1. The molecular formula is C21H27N3O3S. The number of nitrogens with one attached hydrogen (secondary N) is 1. The van der Waals surface area contributed by atoms with Crippen molar-refractivity contribution in [2.75, 3.05) is 31.6 Å². The third-order valence-corrected chi connectivity index (χ3v) is 5.58. The molecule has 1 aromatic carbocycles. The molecule has 1 aromatic heterocycles. The average molecular weight is 402 g/mol. The van der Waals surface area contributed by atoms with E-state index in [4.69, 9.17) is 9.72 Å². The number of benzene rings is 1. The molecular weight excluding hydrogens is 374 g/mol. The number of aromatic nitrogens is 1. The predicted octanol–water partition coefficient (Wildman–Crippen LogP) is 3.50. The second kappa shape index (κ2) is 8.41. The van der Waals surface area contributed by atoms with Crippen LogP contribution < -0.4 is 5.32 Å². The van der Waals surface area contributed by atoms with Crippen molar-refractivity contribution in [3.8, 4) is 11.3 Å². The number of rotatable bonds is 4. The molecule has 0 aliphatic carbocycles. The summed E-state index contributed by atoms with van der Waals surface area (Å²) in [5, 5.41) is 3.75. The van der Waals surface area contributed by atoms with Gasteiger partial charge in [0.05, 0.1) is 25.3 Å². The fraction of sp³-hybridized carbons (Fsp3) is 0.476. The number of carbonyl (C=O) groups is 2. The predicted molar refractivity (Wildman–Crippen MR) is 111 cm³/mol. The second-order valence-corrected chi connectivity index (χ2v) is 9.25. The molecule has 3 rings (SSSR count). The van der Waals surface area contributed by atoms with Crippen LogP contribution in [0.2, 0.25) is 0 Å². The van der Waals surface area contributed by atoms with Crippen molar-refractivity contribution in [3.63, 3.8) is 0 Å². The minimum atomic E-state index is -0.438. The fourth-order valence-corrected chi connectivity index (χ4v) is 3.82. The van der Waals surface area contributed by atoms with Crippen LogP contribution in [0.4, 0.5) is 5.69 Å². The van der Waals surface area contributed by atoms with Gasteiger partial charge in [-0.3, -0.25) is 9.59 Å². The van der Waals surface area contributed by atoms with E-state index >= 15 is 0 Å². The van der Waals surface area contributed by atoms with Crippen molar-refractivity contribution in [1.29, 1.82) is 0 Å². The van der Waals surface area contributed by atoms with Crippen LogP contribution >= 0.6 is 11.3 Å². The van der Waals surface area contributed by atoms with Crippen LogP contribution in [0, 0.1) is 12.3 Å². The van der Waals surface area contributed by atoms with Gasteiger partial charge < -0.3 is 15.0 Å². The first-order valence-electron chi connectivity index (χ1n) is 9.48. The third-order valence-electron chi connectivity index (χ3n) is 4.60. The highest BCUT2D eigenvalue weighted by Crippen LogP contribution is 2.29. The molecule has 2 aromatic rings. The number of nitrogens with zero attached hydrogens (tertiary/aromatic N) is 2. The van der Waals surface area contributed by atoms with Crippen molar-refractivity contribution in [1.82, 2.24) is 9.88 Å². The summed E-state index contributed by atoms with van der Waals surface area (Å²) >= 11 is 1.56. The highest BCUT2D eigenvalue weighted by Gasteiger charge is 2.22. The molecule has 1 N–H and O–H groups in total. The van der Waals surface area contributed by atoms with Gasteiger partial charge in [-0.1, -0.05) is 32.9 Å². The molecule has 1 aliphatic heterocycles. The number of hydrogen-bond donors (Lipinski definition) is 1. The molecule has 1 fully saturated rings. The molecule has 1 aliphatic rings. The van der Waals surface area contributed by atoms with Gasteiger partial charge in [-0.05, 0) is 19.1 Å². The minimum absolute atomic E-state index is 0.0194. The molecule has 1 saturated heterocycles. The maximum absolute atomic E-state index is 12.4. The van der Waals surface area contributed by atoms with Crippen molar-refractivity contribution in [2.45, 2.75) is 34.1 Å². The van der Waals surface area contributed by atoms with E-state index in [1.165, 1.54) is 0 Å². The summed E-state index contributed by atoms with van der Waals surface area (Å²) in [4.78, 5) is 32.2. The molecule has 0 bridgehead atoms. The first kappa shape index (κ1) is 20.5. The van der Waals surface area contributed by atoms with E-state index in [1.54, 1.807) is 11.3 Å². The van der Waals surface area contributed by atoms with Crippen LogP contribution in [0.3, 0.4) is 0 Å². The summed E-state index contributed by atoms with van der Waals surface area (Å²) in [6.07, 6.45) is 0.325. The number of carbonyl (C=O) groups excluding carboxylic acids is 2. The quantitative estimate of drug-likeness (QED) is 0.851. The molecule has 0 spiro atoms. The van der Waals surface area contributed by atoms with Crippen molar-refractivity contribution >= 4 is 28.8 Å². The van der Waals surface area contributed by atoms with Crippen molar-refractivity contribution in [3.05, 3.63) is 34.2 Å². The van der Waals surface area contributed by atoms with E-state index in [0.717, 1.165) is 26.8 Å². The monoisotopic (exact) mass is 401 g/mol. The van der Waals surface area contributed by atoms with Gasteiger partial charge in [0.1, 0.15) is 5.01 Å². The number of aryl methyl sites for hydroxylation is 1. The lowest BCUT2D eigenvalue weighted by atomic mass is 9.95. The molecule has 7 heteroatoms. The Hall–Kier alpha value is -2.25. The molecule has 28 heavy (non-hydrogen) atoms. The standard InChI is InChI=1S/C21H27N3O3S/c1-14-19(15-5-7-16(8-6-15)22-20(26)21(2,3)4)23-17(28-14)13-18(25)24-9-11-27-12-10-24/h5-8H,9-13H2,1-4H3,(H,22,26). The second-order valence-electron chi connectivity index (χ2n) is 7.96. The Bertz CT molecular complexity index is 847. The molecule has 2 amide bonds. The Morgan fingerprint density at radius 3 is 2.43 bits per heavy atom. The van der Waals surface area contributed by atoms with E-state index in [9.17, 15) is 9.59 Å². The Labute approximate surface area is 169 Å². The zero-order valence-electron chi connectivity index (χ0n) is 16.9.